The lowest BCUT2D eigenvalue weighted by molar-refractivity contribution is 0.586. The summed E-state index contributed by atoms with van der Waals surface area (Å²) in [6.07, 6.45) is 7.87. The second-order valence-electron chi connectivity index (χ2n) is 8.26. The van der Waals surface area contributed by atoms with Crippen LogP contribution >= 0.6 is 0 Å². The highest BCUT2D eigenvalue weighted by Crippen LogP contribution is 2.32. The van der Waals surface area contributed by atoms with E-state index in [0.717, 1.165) is 22.8 Å². The number of benzene rings is 1. The van der Waals surface area contributed by atoms with Gasteiger partial charge in [0.15, 0.2) is 11.5 Å². The van der Waals surface area contributed by atoms with E-state index in [0.29, 0.717) is 45.0 Å². The first-order valence-electron chi connectivity index (χ1n) is 10.8. The summed E-state index contributed by atoms with van der Waals surface area (Å²) in [6, 6.07) is 8.02. The second kappa shape index (κ2) is 8.32. The predicted octanol–water partition coefficient (Wildman–Crippen LogP) is 3.14. The number of hydrogen-bond acceptors (Lipinski definition) is 7. The summed E-state index contributed by atoms with van der Waals surface area (Å²) in [4.78, 5) is 16.9. The third-order valence-electron chi connectivity index (χ3n) is 5.64. The molecule has 4 N–H and O–H groups in total. The Labute approximate surface area is 203 Å². The predicted molar refractivity (Wildman–Crippen MR) is 131 cm³/mol. The topological polar surface area (TPSA) is 158 Å². The van der Waals surface area contributed by atoms with Crippen molar-refractivity contribution in [3.05, 3.63) is 66.5 Å². The Kier molecular flexibility index (Phi) is 5.09. The van der Waals surface area contributed by atoms with Gasteiger partial charge in [0.25, 0.3) is 0 Å². The maximum Gasteiger partial charge on any atom is 0.209 e. The van der Waals surface area contributed by atoms with Crippen LogP contribution in [-0.4, -0.2) is 55.0 Å². The molecule has 0 aliphatic heterocycles. The number of imidazole rings is 1. The Morgan fingerprint density at radius 2 is 1.92 bits per heavy atom. The first-order valence-corrected chi connectivity index (χ1v) is 12.7. The molecule has 5 heterocycles. The summed E-state index contributed by atoms with van der Waals surface area (Å²) in [5.74, 6) is -0.0180. The summed E-state index contributed by atoms with van der Waals surface area (Å²) in [5.41, 5.74) is 5.52. The lowest BCUT2D eigenvalue weighted by Gasteiger charge is -2.07. The van der Waals surface area contributed by atoms with Gasteiger partial charge in [-0.15, -0.1) is 0 Å². The first-order chi connectivity index (χ1) is 17.3. The maximum atomic E-state index is 14.4. The molecule has 6 rings (SSSR count). The SMILES string of the molecule is CS(=O)(=O)NCc1cc(F)cc(-c2nccc3[nH]c(-c4n[nH]c5ncc(-c6cn[nH]c6)cc45)nc23)c1. The van der Waals surface area contributed by atoms with Crippen LogP contribution in [0.1, 0.15) is 5.56 Å². The number of rotatable bonds is 6. The molecule has 13 heteroatoms. The molecule has 0 aliphatic carbocycles. The molecule has 1 aromatic carbocycles. The molecule has 0 radical (unpaired) electrons. The zero-order valence-corrected chi connectivity index (χ0v) is 19.6. The zero-order chi connectivity index (χ0) is 24.9. The average molecular weight is 504 g/mol. The van der Waals surface area contributed by atoms with E-state index in [1.54, 1.807) is 36.9 Å². The number of hydrogen-bond donors (Lipinski definition) is 4. The van der Waals surface area contributed by atoms with Crippen molar-refractivity contribution in [1.29, 1.82) is 0 Å². The van der Waals surface area contributed by atoms with Crippen molar-refractivity contribution in [3.63, 3.8) is 0 Å². The van der Waals surface area contributed by atoms with Crippen LogP contribution in [0.2, 0.25) is 0 Å². The number of aromatic amines is 3. The Hall–Kier alpha value is -4.49. The second-order valence-corrected chi connectivity index (χ2v) is 10.1. The normalized spacial score (nSPS) is 12.1. The molecule has 0 spiro atoms. The van der Waals surface area contributed by atoms with Crippen molar-refractivity contribution in [2.75, 3.05) is 6.26 Å². The van der Waals surface area contributed by atoms with Crippen LogP contribution in [0.25, 0.3) is 56.0 Å². The van der Waals surface area contributed by atoms with E-state index in [1.807, 2.05) is 6.07 Å². The van der Waals surface area contributed by atoms with E-state index in [9.17, 15) is 12.8 Å². The van der Waals surface area contributed by atoms with Crippen LogP contribution in [0, 0.1) is 5.82 Å². The number of aromatic nitrogens is 8. The fourth-order valence-corrected chi connectivity index (χ4v) is 4.44. The minimum absolute atomic E-state index is 0.0450. The molecule has 0 fully saturated rings. The number of pyridine rings is 2. The van der Waals surface area contributed by atoms with Gasteiger partial charge >= 0.3 is 0 Å². The lowest BCUT2D eigenvalue weighted by atomic mass is 10.1. The summed E-state index contributed by atoms with van der Waals surface area (Å²) < 4.78 is 39.7. The lowest BCUT2D eigenvalue weighted by Crippen LogP contribution is -2.21. The Morgan fingerprint density at radius 3 is 2.72 bits per heavy atom. The van der Waals surface area contributed by atoms with E-state index in [-0.39, 0.29) is 6.54 Å². The van der Waals surface area contributed by atoms with Crippen molar-refractivity contribution < 1.29 is 12.8 Å². The fraction of sp³-hybridized carbons (Fsp3) is 0.0870. The molecule has 11 nitrogen and oxygen atoms in total. The molecular weight excluding hydrogens is 485 g/mol. The van der Waals surface area contributed by atoms with Crippen LogP contribution < -0.4 is 4.72 Å². The van der Waals surface area contributed by atoms with Crippen molar-refractivity contribution >= 4 is 32.1 Å². The third-order valence-corrected chi connectivity index (χ3v) is 6.31. The number of halogens is 1. The maximum absolute atomic E-state index is 14.4. The van der Waals surface area contributed by atoms with Crippen molar-refractivity contribution in [3.8, 4) is 33.9 Å². The van der Waals surface area contributed by atoms with Crippen LogP contribution in [0.15, 0.2) is 55.1 Å². The van der Waals surface area contributed by atoms with Gasteiger partial charge in [-0.25, -0.2) is 27.5 Å². The molecule has 0 saturated heterocycles. The highest BCUT2D eigenvalue weighted by molar-refractivity contribution is 7.88. The Balaban J connectivity index is 1.44. The number of fused-ring (bicyclic) bond motifs is 2. The van der Waals surface area contributed by atoms with Gasteiger partial charge in [-0.2, -0.15) is 10.2 Å². The average Bonchev–Trinajstić information content (AvgIpc) is 3.60. The van der Waals surface area contributed by atoms with E-state index < -0.39 is 15.8 Å². The third kappa shape index (κ3) is 4.10. The fourth-order valence-electron chi connectivity index (χ4n) is 4.01. The number of sulfonamides is 1. The summed E-state index contributed by atoms with van der Waals surface area (Å²) >= 11 is 0. The molecule has 180 valence electrons. The van der Waals surface area contributed by atoms with Gasteiger partial charge < -0.3 is 4.98 Å². The molecule has 0 bridgehead atoms. The minimum Gasteiger partial charge on any atom is -0.336 e. The van der Waals surface area contributed by atoms with Gasteiger partial charge in [0.2, 0.25) is 10.0 Å². The molecule has 5 aromatic heterocycles. The summed E-state index contributed by atoms with van der Waals surface area (Å²) in [7, 11) is -3.43. The standard InChI is InChI=1S/C23H18FN9O2S/c1-36(34,35)29-8-12-4-13(6-16(24)5-12)19-21-18(2-3-25-19)30-23(31-21)20-17-7-14(15-10-27-28-11-15)9-26-22(17)33-32-20/h2-7,9-11,29H,8H2,1H3,(H,27,28)(H,30,31)(H,26,32,33). The highest BCUT2D eigenvalue weighted by atomic mass is 32.2. The molecule has 0 saturated carbocycles. The summed E-state index contributed by atoms with van der Waals surface area (Å²) in [5, 5.41) is 14.9. The minimum atomic E-state index is -3.43. The highest BCUT2D eigenvalue weighted by Gasteiger charge is 2.18. The Bertz CT molecular complexity index is 1840. The molecular formula is C23H18FN9O2S. The molecule has 0 unspecified atom stereocenters. The largest absolute Gasteiger partial charge is 0.336 e. The number of H-pyrrole nitrogens is 3. The molecule has 0 amide bonds. The van der Waals surface area contributed by atoms with Crippen molar-refractivity contribution in [2.45, 2.75) is 6.54 Å². The number of nitrogens with zero attached hydrogens (tertiary/aromatic N) is 5. The smallest absolute Gasteiger partial charge is 0.209 e. The van der Waals surface area contributed by atoms with E-state index in [2.05, 4.69) is 40.1 Å². The zero-order valence-electron chi connectivity index (χ0n) is 18.7. The van der Waals surface area contributed by atoms with Gasteiger partial charge in [0, 0.05) is 41.8 Å². The van der Waals surface area contributed by atoms with Crippen LogP contribution in [0.3, 0.4) is 0 Å². The summed E-state index contributed by atoms with van der Waals surface area (Å²) in [6.45, 7) is -0.0450. The molecule has 0 aliphatic rings. The van der Waals surface area contributed by atoms with Gasteiger partial charge in [0.1, 0.15) is 17.0 Å². The van der Waals surface area contributed by atoms with Crippen LogP contribution in [0.4, 0.5) is 4.39 Å². The number of nitrogens with one attached hydrogen (secondary N) is 4. The van der Waals surface area contributed by atoms with Gasteiger partial charge in [-0.3, -0.25) is 15.2 Å². The van der Waals surface area contributed by atoms with Gasteiger partial charge in [-0.05, 0) is 35.9 Å². The molecule has 6 aromatic rings. The van der Waals surface area contributed by atoms with Crippen LogP contribution in [-0.2, 0) is 16.6 Å². The van der Waals surface area contributed by atoms with Gasteiger partial charge in [0.05, 0.1) is 29.0 Å². The quantitative estimate of drug-likeness (QED) is 0.272. The molecule has 0 atom stereocenters. The van der Waals surface area contributed by atoms with E-state index >= 15 is 0 Å². The Morgan fingerprint density at radius 1 is 1.03 bits per heavy atom. The van der Waals surface area contributed by atoms with Crippen LogP contribution in [0.5, 0.6) is 0 Å². The van der Waals surface area contributed by atoms with E-state index in [4.69, 9.17) is 4.98 Å². The monoisotopic (exact) mass is 503 g/mol. The van der Waals surface area contributed by atoms with Crippen molar-refractivity contribution in [2.24, 2.45) is 0 Å². The first kappa shape index (κ1) is 22.0. The van der Waals surface area contributed by atoms with Crippen molar-refractivity contribution in [1.82, 2.24) is 45.1 Å². The van der Waals surface area contributed by atoms with Gasteiger partial charge in [-0.1, -0.05) is 0 Å². The molecule has 36 heavy (non-hydrogen) atoms. The van der Waals surface area contributed by atoms with E-state index in [1.165, 1.54) is 12.1 Å².